The third-order valence-electron chi connectivity index (χ3n) is 4.83. The Labute approximate surface area is 143 Å². The van der Waals surface area contributed by atoms with Gasteiger partial charge in [0.2, 0.25) is 0 Å². The van der Waals surface area contributed by atoms with Crippen molar-refractivity contribution in [2.45, 2.75) is 46.5 Å². The number of hydrazone groups is 1. The van der Waals surface area contributed by atoms with Crippen LogP contribution in [-0.2, 0) is 0 Å². The van der Waals surface area contributed by atoms with Gasteiger partial charge < -0.3 is 4.57 Å². The summed E-state index contributed by atoms with van der Waals surface area (Å²) in [6.07, 6.45) is 4.32. The van der Waals surface area contributed by atoms with Crippen LogP contribution in [0, 0.1) is 19.8 Å². The van der Waals surface area contributed by atoms with Crippen LogP contribution in [0.2, 0.25) is 0 Å². The summed E-state index contributed by atoms with van der Waals surface area (Å²) in [4.78, 5) is 12.3. The molecule has 1 fully saturated rings. The zero-order valence-electron chi connectivity index (χ0n) is 14.7. The van der Waals surface area contributed by atoms with Gasteiger partial charge in [-0.05, 0) is 81.8 Å². The number of carbonyl (C=O) groups is 1. The van der Waals surface area contributed by atoms with E-state index in [0.717, 1.165) is 30.2 Å². The Kier molecular flexibility index (Phi) is 4.84. The minimum Gasteiger partial charge on any atom is -0.319 e. The number of aromatic nitrogens is 1. The van der Waals surface area contributed by atoms with Crippen LogP contribution in [0.1, 0.15) is 54.4 Å². The molecule has 4 nitrogen and oxygen atoms in total. The average Bonchev–Trinajstić information content (AvgIpc) is 2.93. The third kappa shape index (κ3) is 3.58. The van der Waals surface area contributed by atoms with Gasteiger partial charge in [0.15, 0.2) is 0 Å². The van der Waals surface area contributed by atoms with Crippen LogP contribution in [0.4, 0.5) is 0 Å². The van der Waals surface area contributed by atoms with E-state index in [-0.39, 0.29) is 5.91 Å². The number of nitrogens with one attached hydrogen (secondary N) is 1. The molecule has 0 saturated heterocycles. The first-order chi connectivity index (χ1) is 11.5. The molecule has 0 unspecified atom stereocenters. The van der Waals surface area contributed by atoms with Crippen molar-refractivity contribution in [3.63, 3.8) is 0 Å². The minimum absolute atomic E-state index is 0.145. The monoisotopic (exact) mass is 323 g/mol. The molecular weight excluding hydrogens is 298 g/mol. The molecule has 1 saturated carbocycles. The summed E-state index contributed by atoms with van der Waals surface area (Å²) in [7, 11) is 0. The number of nitrogens with zero attached hydrogens (tertiary/aromatic N) is 2. The Morgan fingerprint density at radius 2 is 1.62 bits per heavy atom. The Balaban J connectivity index is 1.67. The molecule has 0 spiro atoms. The Morgan fingerprint density at radius 1 is 1.04 bits per heavy atom. The molecule has 0 radical (unpaired) electrons. The van der Waals surface area contributed by atoms with Crippen LogP contribution >= 0.6 is 0 Å². The maximum Gasteiger partial charge on any atom is 0.271 e. The topological polar surface area (TPSA) is 46.4 Å². The van der Waals surface area contributed by atoms with Crippen molar-refractivity contribution in [3.8, 4) is 5.69 Å². The van der Waals surface area contributed by atoms with Crippen molar-refractivity contribution in [3.05, 3.63) is 53.3 Å². The number of hydrogen-bond donors (Lipinski definition) is 1. The molecule has 1 aromatic carbocycles. The highest BCUT2D eigenvalue weighted by atomic mass is 16.2. The summed E-state index contributed by atoms with van der Waals surface area (Å²) in [6, 6.07) is 11.8. The molecule has 0 bridgehead atoms. The summed E-state index contributed by atoms with van der Waals surface area (Å²) in [5.41, 5.74) is 7.88. The molecule has 2 aromatic rings. The zero-order valence-corrected chi connectivity index (χ0v) is 14.7. The van der Waals surface area contributed by atoms with Crippen LogP contribution < -0.4 is 5.43 Å². The minimum atomic E-state index is -0.145. The molecule has 4 heteroatoms. The summed E-state index contributed by atoms with van der Waals surface area (Å²) in [6.45, 7) is 6.43. The van der Waals surface area contributed by atoms with Crippen LogP contribution in [0.15, 0.2) is 41.5 Å². The van der Waals surface area contributed by atoms with Gasteiger partial charge >= 0.3 is 0 Å². The Morgan fingerprint density at radius 3 is 2.21 bits per heavy atom. The fourth-order valence-corrected chi connectivity index (χ4v) is 3.24. The highest BCUT2D eigenvalue weighted by Gasteiger charge is 2.14. The smallest absolute Gasteiger partial charge is 0.271 e. The van der Waals surface area contributed by atoms with E-state index in [9.17, 15) is 4.79 Å². The molecule has 0 atom stereocenters. The number of aryl methyl sites for hydroxylation is 2. The number of amides is 1. The van der Waals surface area contributed by atoms with E-state index < -0.39 is 0 Å². The highest BCUT2D eigenvalue weighted by Crippen LogP contribution is 2.21. The second kappa shape index (κ2) is 7.04. The van der Waals surface area contributed by atoms with Crippen molar-refractivity contribution >= 4 is 11.6 Å². The standard InChI is InChI=1S/C20H25N3O/c1-14-4-10-18(11-5-14)21-22-20(24)17-8-12-19(13-9-17)23-15(2)6-7-16(23)3/h6-9,12-14H,4-5,10-11H2,1-3H3,(H,22,24). The SMILES string of the molecule is Cc1ccc(C)n1-c1ccc(C(=O)NN=C2CCC(C)CC2)cc1. The molecule has 1 aliphatic rings. The maximum atomic E-state index is 12.3. The van der Waals surface area contributed by atoms with Gasteiger partial charge in [-0.25, -0.2) is 5.43 Å². The second-order valence-corrected chi connectivity index (χ2v) is 6.80. The maximum absolute atomic E-state index is 12.3. The molecule has 1 aliphatic carbocycles. The molecule has 1 amide bonds. The Bertz CT molecular complexity index is 726. The van der Waals surface area contributed by atoms with E-state index in [2.05, 4.69) is 48.0 Å². The van der Waals surface area contributed by atoms with Gasteiger partial charge in [0, 0.05) is 28.4 Å². The first kappa shape index (κ1) is 16.5. The van der Waals surface area contributed by atoms with E-state index in [1.54, 1.807) is 0 Å². The molecule has 3 rings (SSSR count). The van der Waals surface area contributed by atoms with Gasteiger partial charge in [-0.1, -0.05) is 6.92 Å². The van der Waals surface area contributed by atoms with Crippen LogP contribution in [0.3, 0.4) is 0 Å². The van der Waals surface area contributed by atoms with Crippen molar-refractivity contribution in [2.75, 3.05) is 0 Å². The van der Waals surface area contributed by atoms with Gasteiger partial charge in [0.1, 0.15) is 0 Å². The zero-order chi connectivity index (χ0) is 17.1. The normalized spacial score (nSPS) is 17.6. The lowest BCUT2D eigenvalue weighted by Crippen LogP contribution is -2.21. The van der Waals surface area contributed by atoms with Gasteiger partial charge in [0.05, 0.1) is 0 Å². The average molecular weight is 323 g/mol. The van der Waals surface area contributed by atoms with E-state index >= 15 is 0 Å². The van der Waals surface area contributed by atoms with Gasteiger partial charge in [-0.3, -0.25) is 4.79 Å². The lowest BCUT2D eigenvalue weighted by Gasteiger charge is -2.18. The molecular formula is C20H25N3O. The van der Waals surface area contributed by atoms with Crippen LogP contribution in [0.25, 0.3) is 5.69 Å². The fraction of sp³-hybridized carbons (Fsp3) is 0.400. The van der Waals surface area contributed by atoms with E-state index in [1.807, 2.05) is 24.3 Å². The predicted octanol–water partition coefficient (Wildman–Crippen LogP) is 4.39. The highest BCUT2D eigenvalue weighted by molar-refractivity contribution is 5.95. The van der Waals surface area contributed by atoms with E-state index in [4.69, 9.17) is 0 Å². The first-order valence-corrected chi connectivity index (χ1v) is 8.66. The summed E-state index contributed by atoms with van der Waals surface area (Å²) < 4.78 is 2.17. The van der Waals surface area contributed by atoms with E-state index in [1.165, 1.54) is 24.2 Å². The molecule has 1 aromatic heterocycles. The van der Waals surface area contributed by atoms with E-state index in [0.29, 0.717) is 5.56 Å². The number of hydrogen-bond acceptors (Lipinski definition) is 2. The first-order valence-electron chi connectivity index (χ1n) is 8.66. The quantitative estimate of drug-likeness (QED) is 0.837. The molecule has 1 heterocycles. The van der Waals surface area contributed by atoms with Crippen molar-refractivity contribution in [1.29, 1.82) is 0 Å². The third-order valence-corrected chi connectivity index (χ3v) is 4.83. The lowest BCUT2D eigenvalue weighted by molar-refractivity contribution is 0.0954. The number of carbonyl (C=O) groups excluding carboxylic acids is 1. The van der Waals surface area contributed by atoms with Crippen LogP contribution in [0.5, 0.6) is 0 Å². The summed E-state index contributed by atoms with van der Waals surface area (Å²) in [5, 5.41) is 4.31. The lowest BCUT2D eigenvalue weighted by atomic mass is 9.90. The second-order valence-electron chi connectivity index (χ2n) is 6.80. The predicted molar refractivity (Wildman–Crippen MR) is 97.8 cm³/mol. The van der Waals surface area contributed by atoms with Gasteiger partial charge in [-0.2, -0.15) is 5.10 Å². The molecule has 0 aliphatic heterocycles. The number of rotatable bonds is 3. The molecule has 126 valence electrons. The van der Waals surface area contributed by atoms with Gasteiger partial charge in [0.25, 0.3) is 5.91 Å². The largest absolute Gasteiger partial charge is 0.319 e. The van der Waals surface area contributed by atoms with Crippen LogP contribution in [-0.4, -0.2) is 16.2 Å². The number of benzene rings is 1. The van der Waals surface area contributed by atoms with Crippen molar-refractivity contribution < 1.29 is 4.79 Å². The fourth-order valence-electron chi connectivity index (χ4n) is 3.24. The van der Waals surface area contributed by atoms with Crippen molar-refractivity contribution in [2.24, 2.45) is 11.0 Å². The van der Waals surface area contributed by atoms with Crippen molar-refractivity contribution in [1.82, 2.24) is 9.99 Å². The summed E-state index contributed by atoms with van der Waals surface area (Å²) >= 11 is 0. The Hall–Kier alpha value is -2.36. The summed E-state index contributed by atoms with van der Waals surface area (Å²) in [5.74, 6) is 0.626. The van der Waals surface area contributed by atoms with Gasteiger partial charge in [-0.15, -0.1) is 0 Å². The molecule has 1 N–H and O–H groups in total. The molecule has 24 heavy (non-hydrogen) atoms.